The number of methoxy groups -OCH3 is 1. The van der Waals surface area contributed by atoms with Gasteiger partial charge in [-0.15, -0.1) is 0 Å². The molecule has 0 aromatic heterocycles. The van der Waals surface area contributed by atoms with Crippen LogP contribution in [-0.4, -0.2) is 26.1 Å². The second kappa shape index (κ2) is 5.68. The number of ether oxygens (including phenoxy) is 1. The van der Waals surface area contributed by atoms with E-state index in [-0.39, 0.29) is 5.91 Å². The molecule has 4 nitrogen and oxygen atoms in total. The number of rotatable bonds is 4. The van der Waals surface area contributed by atoms with Gasteiger partial charge in [-0.25, -0.2) is 0 Å². The Kier molecular flexibility index (Phi) is 3.98. The lowest BCUT2D eigenvalue weighted by Crippen LogP contribution is -2.18. The molecule has 1 aliphatic rings. The Balaban J connectivity index is 1.92. The van der Waals surface area contributed by atoms with Crippen LogP contribution in [-0.2, 0) is 4.79 Å². The summed E-state index contributed by atoms with van der Waals surface area (Å²) in [5, 5.41) is 6.16. The van der Waals surface area contributed by atoms with E-state index in [1.807, 2.05) is 24.3 Å². The number of hydrogen-bond donors (Lipinski definition) is 2. The van der Waals surface area contributed by atoms with Crippen LogP contribution in [0.25, 0.3) is 0 Å². The summed E-state index contributed by atoms with van der Waals surface area (Å²) in [6.07, 6.45) is 1.66. The largest absolute Gasteiger partial charge is 0.495 e. The van der Waals surface area contributed by atoms with E-state index in [4.69, 9.17) is 4.74 Å². The SMILES string of the molecule is COc1ccccc1NC(=O)CC1CCNC1. The fraction of sp³-hybridized carbons (Fsp3) is 0.462. The number of nitrogens with one attached hydrogen (secondary N) is 2. The summed E-state index contributed by atoms with van der Waals surface area (Å²) in [6, 6.07) is 7.46. The Morgan fingerprint density at radius 2 is 2.35 bits per heavy atom. The number of benzene rings is 1. The lowest BCUT2D eigenvalue weighted by atomic mass is 10.0. The lowest BCUT2D eigenvalue weighted by Gasteiger charge is -2.11. The number of carbonyl (C=O) groups excluding carboxylic acids is 1. The molecule has 1 saturated heterocycles. The first kappa shape index (κ1) is 11.9. The minimum Gasteiger partial charge on any atom is -0.495 e. The maximum atomic E-state index is 11.8. The van der Waals surface area contributed by atoms with Gasteiger partial charge in [0, 0.05) is 6.42 Å². The van der Waals surface area contributed by atoms with Crippen molar-refractivity contribution in [3.05, 3.63) is 24.3 Å². The summed E-state index contributed by atoms with van der Waals surface area (Å²) in [6.45, 7) is 1.96. The minimum absolute atomic E-state index is 0.0585. The second-order valence-corrected chi connectivity index (χ2v) is 4.31. The Morgan fingerprint density at radius 3 is 3.06 bits per heavy atom. The van der Waals surface area contributed by atoms with E-state index in [2.05, 4.69) is 10.6 Å². The average Bonchev–Trinajstić information content (AvgIpc) is 2.82. The zero-order valence-corrected chi connectivity index (χ0v) is 10.0. The van der Waals surface area contributed by atoms with Crippen LogP contribution in [0.3, 0.4) is 0 Å². The standard InChI is InChI=1S/C13H18N2O2/c1-17-12-5-3-2-4-11(12)15-13(16)8-10-6-7-14-9-10/h2-5,10,14H,6-9H2,1H3,(H,15,16). The fourth-order valence-corrected chi connectivity index (χ4v) is 2.10. The summed E-state index contributed by atoms with van der Waals surface area (Å²) in [7, 11) is 1.60. The van der Waals surface area contributed by atoms with Gasteiger partial charge in [0.15, 0.2) is 0 Å². The Morgan fingerprint density at radius 1 is 1.53 bits per heavy atom. The quantitative estimate of drug-likeness (QED) is 0.832. The van der Waals surface area contributed by atoms with Gasteiger partial charge < -0.3 is 15.4 Å². The van der Waals surface area contributed by atoms with Crippen molar-refractivity contribution < 1.29 is 9.53 Å². The summed E-state index contributed by atoms with van der Waals surface area (Å²) < 4.78 is 5.19. The predicted molar refractivity (Wildman–Crippen MR) is 67.2 cm³/mol. The molecule has 0 saturated carbocycles. The van der Waals surface area contributed by atoms with Gasteiger partial charge in [-0.1, -0.05) is 12.1 Å². The van der Waals surface area contributed by atoms with Crippen molar-refractivity contribution in [2.24, 2.45) is 5.92 Å². The minimum atomic E-state index is 0.0585. The first-order valence-corrected chi connectivity index (χ1v) is 5.93. The van der Waals surface area contributed by atoms with Crippen molar-refractivity contribution in [2.45, 2.75) is 12.8 Å². The van der Waals surface area contributed by atoms with E-state index < -0.39 is 0 Å². The molecule has 0 spiro atoms. The monoisotopic (exact) mass is 234 g/mol. The van der Waals surface area contributed by atoms with Gasteiger partial charge in [-0.05, 0) is 37.6 Å². The third-order valence-corrected chi connectivity index (χ3v) is 3.02. The topological polar surface area (TPSA) is 50.4 Å². The molecule has 1 aromatic rings. The Labute approximate surface area is 101 Å². The van der Waals surface area contributed by atoms with E-state index in [1.54, 1.807) is 7.11 Å². The number of carbonyl (C=O) groups is 1. The molecule has 2 N–H and O–H groups in total. The van der Waals surface area contributed by atoms with Crippen LogP contribution in [0, 0.1) is 5.92 Å². The normalized spacial score (nSPS) is 19.0. The van der Waals surface area contributed by atoms with Crippen LogP contribution in [0.1, 0.15) is 12.8 Å². The highest BCUT2D eigenvalue weighted by molar-refractivity contribution is 5.92. The van der Waals surface area contributed by atoms with Crippen molar-refractivity contribution in [3.8, 4) is 5.75 Å². The van der Waals surface area contributed by atoms with Crippen LogP contribution >= 0.6 is 0 Å². The lowest BCUT2D eigenvalue weighted by molar-refractivity contribution is -0.117. The number of para-hydroxylation sites is 2. The summed E-state index contributed by atoms with van der Waals surface area (Å²) in [5.74, 6) is 1.22. The van der Waals surface area contributed by atoms with E-state index in [0.29, 0.717) is 18.1 Å². The third-order valence-electron chi connectivity index (χ3n) is 3.02. The molecular weight excluding hydrogens is 216 g/mol. The zero-order chi connectivity index (χ0) is 12.1. The van der Waals surface area contributed by atoms with Crippen molar-refractivity contribution in [2.75, 3.05) is 25.5 Å². The smallest absolute Gasteiger partial charge is 0.224 e. The van der Waals surface area contributed by atoms with Crippen LogP contribution < -0.4 is 15.4 Å². The molecule has 1 aromatic carbocycles. The molecule has 1 unspecified atom stereocenters. The fourth-order valence-electron chi connectivity index (χ4n) is 2.10. The van der Waals surface area contributed by atoms with Gasteiger partial charge in [0.05, 0.1) is 12.8 Å². The van der Waals surface area contributed by atoms with Gasteiger partial charge in [-0.2, -0.15) is 0 Å². The predicted octanol–water partition coefficient (Wildman–Crippen LogP) is 1.63. The number of amides is 1. The highest BCUT2D eigenvalue weighted by Crippen LogP contribution is 2.23. The van der Waals surface area contributed by atoms with E-state index >= 15 is 0 Å². The van der Waals surface area contributed by atoms with Gasteiger partial charge in [0.1, 0.15) is 5.75 Å². The molecule has 0 bridgehead atoms. The van der Waals surface area contributed by atoms with Crippen molar-refractivity contribution in [3.63, 3.8) is 0 Å². The summed E-state index contributed by atoms with van der Waals surface area (Å²) >= 11 is 0. The first-order chi connectivity index (χ1) is 8.29. The number of anilines is 1. The van der Waals surface area contributed by atoms with E-state index in [0.717, 1.165) is 25.2 Å². The molecular formula is C13H18N2O2. The van der Waals surface area contributed by atoms with Crippen molar-refractivity contribution in [1.82, 2.24) is 5.32 Å². The summed E-state index contributed by atoms with van der Waals surface area (Å²) in [5.41, 5.74) is 0.742. The van der Waals surface area contributed by atoms with Gasteiger partial charge in [0.2, 0.25) is 5.91 Å². The second-order valence-electron chi connectivity index (χ2n) is 4.31. The van der Waals surface area contributed by atoms with Crippen molar-refractivity contribution in [1.29, 1.82) is 0 Å². The number of hydrogen-bond acceptors (Lipinski definition) is 3. The maximum absolute atomic E-state index is 11.8. The van der Waals surface area contributed by atoms with E-state index in [1.165, 1.54) is 0 Å². The molecule has 0 aliphatic carbocycles. The molecule has 1 amide bonds. The third kappa shape index (κ3) is 3.20. The maximum Gasteiger partial charge on any atom is 0.224 e. The molecule has 0 radical (unpaired) electrons. The highest BCUT2D eigenvalue weighted by Gasteiger charge is 2.18. The summed E-state index contributed by atoms with van der Waals surface area (Å²) in [4.78, 5) is 11.8. The molecule has 1 atom stereocenters. The van der Waals surface area contributed by atoms with Crippen LogP contribution in [0.2, 0.25) is 0 Å². The molecule has 2 rings (SSSR count). The van der Waals surface area contributed by atoms with E-state index in [9.17, 15) is 4.79 Å². The highest BCUT2D eigenvalue weighted by atomic mass is 16.5. The van der Waals surface area contributed by atoms with Crippen LogP contribution in [0.4, 0.5) is 5.69 Å². The van der Waals surface area contributed by atoms with Gasteiger partial charge >= 0.3 is 0 Å². The zero-order valence-electron chi connectivity index (χ0n) is 10.0. The van der Waals surface area contributed by atoms with Gasteiger partial charge in [0.25, 0.3) is 0 Å². The Hall–Kier alpha value is -1.55. The first-order valence-electron chi connectivity index (χ1n) is 5.93. The molecule has 1 fully saturated rings. The van der Waals surface area contributed by atoms with Crippen LogP contribution in [0.15, 0.2) is 24.3 Å². The van der Waals surface area contributed by atoms with Crippen molar-refractivity contribution >= 4 is 11.6 Å². The van der Waals surface area contributed by atoms with Crippen LogP contribution in [0.5, 0.6) is 5.75 Å². The molecule has 1 aliphatic heterocycles. The molecule has 17 heavy (non-hydrogen) atoms. The average molecular weight is 234 g/mol. The molecule has 1 heterocycles. The molecule has 4 heteroatoms. The Bertz CT molecular complexity index is 387. The van der Waals surface area contributed by atoms with Gasteiger partial charge in [-0.3, -0.25) is 4.79 Å². The molecule has 92 valence electrons.